The molecule has 4 N–H and O–H groups in total. The van der Waals surface area contributed by atoms with Crippen molar-refractivity contribution in [2.24, 2.45) is 0 Å². The molecule has 0 bridgehead atoms. The molecule has 0 aliphatic rings. The fourth-order valence-corrected chi connectivity index (χ4v) is 4.15. The molecule has 0 radical (unpaired) electrons. The molecule has 0 amide bonds. The lowest BCUT2D eigenvalue weighted by Gasteiger charge is -2.27. The lowest BCUT2D eigenvalue weighted by molar-refractivity contribution is 0.282. The molecular formula is C29H38N6O2. The number of anilines is 1. The Hall–Kier alpha value is -3.75. The maximum Gasteiger partial charge on any atom is 0.142 e. The van der Waals surface area contributed by atoms with Gasteiger partial charge in [0.2, 0.25) is 0 Å². The summed E-state index contributed by atoms with van der Waals surface area (Å²) in [6, 6.07) is 14.8. The molecule has 0 spiro atoms. The van der Waals surface area contributed by atoms with Gasteiger partial charge in [-0.2, -0.15) is 0 Å². The minimum Gasteiger partial charge on any atom is -0.507 e. The second kappa shape index (κ2) is 13.0. The lowest BCUT2D eigenvalue weighted by atomic mass is 9.97. The summed E-state index contributed by atoms with van der Waals surface area (Å²) >= 11 is 0. The van der Waals surface area contributed by atoms with E-state index in [-0.39, 0.29) is 23.3 Å². The van der Waals surface area contributed by atoms with Crippen molar-refractivity contribution in [2.75, 3.05) is 38.7 Å². The SMILES string of the molecule is CCN(CCNC)Cc1ccc(N(C(=N)c2cccnc2)C(=N)c2cc(C(C)C)c(OC)cc2O)cc1. The van der Waals surface area contributed by atoms with Crippen molar-refractivity contribution in [1.29, 1.82) is 10.8 Å². The fourth-order valence-electron chi connectivity index (χ4n) is 4.15. The number of phenolic OH excluding ortho intramolecular Hbond substituents is 1. The van der Waals surface area contributed by atoms with Gasteiger partial charge in [-0.1, -0.05) is 32.9 Å². The van der Waals surface area contributed by atoms with Gasteiger partial charge >= 0.3 is 0 Å². The number of aromatic nitrogens is 1. The summed E-state index contributed by atoms with van der Waals surface area (Å²) in [6.07, 6.45) is 3.25. The highest BCUT2D eigenvalue weighted by Gasteiger charge is 2.25. The van der Waals surface area contributed by atoms with Crippen LogP contribution in [0.2, 0.25) is 0 Å². The summed E-state index contributed by atoms with van der Waals surface area (Å²) in [5.74, 6) is 0.706. The Morgan fingerprint density at radius 1 is 1.11 bits per heavy atom. The van der Waals surface area contributed by atoms with Gasteiger partial charge in [0.15, 0.2) is 0 Å². The minimum atomic E-state index is -0.0741. The highest BCUT2D eigenvalue weighted by atomic mass is 16.5. The van der Waals surface area contributed by atoms with Gasteiger partial charge in [-0.15, -0.1) is 0 Å². The normalized spacial score (nSPS) is 11.1. The highest BCUT2D eigenvalue weighted by Crippen LogP contribution is 2.34. The van der Waals surface area contributed by atoms with Gasteiger partial charge in [0.25, 0.3) is 0 Å². The van der Waals surface area contributed by atoms with Crippen molar-refractivity contribution >= 4 is 17.4 Å². The summed E-state index contributed by atoms with van der Waals surface area (Å²) in [7, 11) is 3.52. The molecule has 0 saturated heterocycles. The topological polar surface area (TPSA) is 109 Å². The maximum absolute atomic E-state index is 10.8. The van der Waals surface area contributed by atoms with Crippen LogP contribution in [0.1, 0.15) is 48.9 Å². The summed E-state index contributed by atoms with van der Waals surface area (Å²) in [5.41, 5.74) is 3.58. The number of amidine groups is 2. The van der Waals surface area contributed by atoms with Gasteiger partial charge in [-0.3, -0.25) is 25.6 Å². The molecule has 0 fully saturated rings. The molecule has 0 unspecified atom stereocenters. The first-order chi connectivity index (χ1) is 17.8. The van der Waals surface area contributed by atoms with Crippen LogP contribution in [0.15, 0.2) is 60.9 Å². The van der Waals surface area contributed by atoms with Crippen LogP contribution in [0, 0.1) is 10.8 Å². The number of phenols is 1. The van der Waals surface area contributed by atoms with Crippen LogP contribution in [0.25, 0.3) is 0 Å². The quantitative estimate of drug-likeness (QED) is 0.221. The molecule has 37 heavy (non-hydrogen) atoms. The molecule has 2 aromatic carbocycles. The van der Waals surface area contributed by atoms with Crippen LogP contribution in [0.4, 0.5) is 5.69 Å². The van der Waals surface area contributed by atoms with Crippen molar-refractivity contribution < 1.29 is 9.84 Å². The van der Waals surface area contributed by atoms with E-state index in [2.05, 4.69) is 22.1 Å². The Balaban J connectivity index is 2.02. The van der Waals surface area contributed by atoms with Crippen molar-refractivity contribution in [3.05, 3.63) is 83.2 Å². The fraction of sp³-hybridized carbons (Fsp3) is 0.345. The highest BCUT2D eigenvalue weighted by molar-refractivity contribution is 6.28. The molecule has 0 atom stereocenters. The van der Waals surface area contributed by atoms with Gasteiger partial charge < -0.3 is 15.2 Å². The van der Waals surface area contributed by atoms with E-state index in [4.69, 9.17) is 15.6 Å². The zero-order valence-electron chi connectivity index (χ0n) is 22.4. The second-order valence-electron chi connectivity index (χ2n) is 9.18. The number of hydrogen-bond acceptors (Lipinski definition) is 7. The van der Waals surface area contributed by atoms with Crippen LogP contribution in [-0.4, -0.2) is 60.5 Å². The largest absolute Gasteiger partial charge is 0.507 e. The molecule has 3 rings (SSSR count). The number of likely N-dealkylation sites (N-methyl/N-ethyl adjacent to an activating group) is 2. The average Bonchev–Trinajstić information content (AvgIpc) is 2.91. The molecule has 8 nitrogen and oxygen atoms in total. The monoisotopic (exact) mass is 502 g/mol. The van der Waals surface area contributed by atoms with E-state index in [1.807, 2.05) is 45.2 Å². The van der Waals surface area contributed by atoms with E-state index >= 15 is 0 Å². The molecule has 0 aliphatic heterocycles. The number of nitrogens with one attached hydrogen (secondary N) is 3. The number of nitrogens with zero attached hydrogens (tertiary/aromatic N) is 3. The van der Waals surface area contributed by atoms with E-state index in [0.717, 1.165) is 37.3 Å². The molecule has 1 aromatic heterocycles. The Kier molecular flexibility index (Phi) is 9.77. The molecule has 3 aromatic rings. The number of rotatable bonds is 11. The number of pyridine rings is 1. The van der Waals surface area contributed by atoms with Crippen LogP contribution in [-0.2, 0) is 6.54 Å². The van der Waals surface area contributed by atoms with Crippen molar-refractivity contribution in [3.8, 4) is 11.5 Å². The van der Waals surface area contributed by atoms with Crippen LogP contribution >= 0.6 is 0 Å². The van der Waals surface area contributed by atoms with Crippen LogP contribution in [0.5, 0.6) is 11.5 Å². The minimum absolute atomic E-state index is 0.00661. The van der Waals surface area contributed by atoms with Gasteiger partial charge in [-0.05, 0) is 61.0 Å². The Bertz CT molecular complexity index is 1200. The Morgan fingerprint density at radius 2 is 1.84 bits per heavy atom. The third-order valence-electron chi connectivity index (χ3n) is 6.33. The number of ether oxygens (including phenoxy) is 1. The number of benzene rings is 2. The lowest BCUT2D eigenvalue weighted by Crippen LogP contribution is -2.37. The maximum atomic E-state index is 10.8. The predicted octanol–water partition coefficient (Wildman–Crippen LogP) is 4.82. The van der Waals surface area contributed by atoms with E-state index in [0.29, 0.717) is 22.6 Å². The Labute approximate surface area is 219 Å². The smallest absolute Gasteiger partial charge is 0.142 e. The molecule has 0 saturated carbocycles. The van der Waals surface area contributed by atoms with Gasteiger partial charge in [-0.25, -0.2) is 0 Å². The molecule has 0 aliphatic carbocycles. The summed E-state index contributed by atoms with van der Waals surface area (Å²) in [4.78, 5) is 8.04. The number of aromatic hydroxyl groups is 1. The number of hydrogen-bond donors (Lipinski definition) is 4. The van der Waals surface area contributed by atoms with Crippen molar-refractivity contribution in [1.82, 2.24) is 15.2 Å². The summed E-state index contributed by atoms with van der Waals surface area (Å²) < 4.78 is 5.46. The first-order valence-electron chi connectivity index (χ1n) is 12.5. The number of methoxy groups -OCH3 is 1. The standard InChI is InChI=1S/C29H38N6O2/c1-6-34(15-14-32-4)19-21-9-11-23(12-10-21)35(28(30)22-8-7-13-33-18-22)29(31)25-16-24(20(2)3)27(37-5)17-26(25)36/h7-13,16-18,20,30-32,36H,6,14-15,19H2,1-5H3. The zero-order chi connectivity index (χ0) is 26.9. The first kappa shape index (κ1) is 27.8. The third-order valence-corrected chi connectivity index (χ3v) is 6.33. The predicted molar refractivity (Wildman–Crippen MR) is 150 cm³/mol. The Morgan fingerprint density at radius 3 is 2.41 bits per heavy atom. The van der Waals surface area contributed by atoms with Crippen molar-refractivity contribution in [2.45, 2.75) is 33.2 Å². The summed E-state index contributed by atoms with van der Waals surface area (Å²) in [5, 5.41) is 32.2. The van der Waals surface area contributed by atoms with Crippen LogP contribution in [0.3, 0.4) is 0 Å². The molecule has 8 heteroatoms. The van der Waals surface area contributed by atoms with Crippen LogP contribution < -0.4 is 15.0 Å². The third kappa shape index (κ3) is 6.72. The van der Waals surface area contributed by atoms with E-state index in [9.17, 15) is 5.11 Å². The first-order valence-corrected chi connectivity index (χ1v) is 12.5. The summed E-state index contributed by atoms with van der Waals surface area (Å²) in [6.45, 7) is 9.84. The molecule has 196 valence electrons. The molecule has 1 heterocycles. The van der Waals surface area contributed by atoms with E-state index < -0.39 is 0 Å². The zero-order valence-corrected chi connectivity index (χ0v) is 22.4. The van der Waals surface area contributed by atoms with E-state index in [1.54, 1.807) is 43.8 Å². The van der Waals surface area contributed by atoms with Gasteiger partial charge in [0.05, 0.1) is 12.7 Å². The average molecular weight is 503 g/mol. The van der Waals surface area contributed by atoms with E-state index in [1.165, 1.54) is 4.90 Å². The van der Waals surface area contributed by atoms with Crippen molar-refractivity contribution in [3.63, 3.8) is 0 Å². The molecular weight excluding hydrogens is 464 g/mol. The van der Waals surface area contributed by atoms with Gasteiger partial charge in [0.1, 0.15) is 23.2 Å². The second-order valence-corrected chi connectivity index (χ2v) is 9.18. The van der Waals surface area contributed by atoms with Gasteiger partial charge in [0, 0.05) is 49.3 Å².